The van der Waals surface area contributed by atoms with Gasteiger partial charge in [0.05, 0.1) is 6.54 Å². The molecule has 116 valence electrons. The molecule has 0 fully saturated rings. The van der Waals surface area contributed by atoms with Gasteiger partial charge in [0, 0.05) is 37.3 Å². The van der Waals surface area contributed by atoms with Crippen molar-refractivity contribution < 1.29 is 14.3 Å². The van der Waals surface area contributed by atoms with Crippen molar-refractivity contribution in [3.63, 3.8) is 0 Å². The molecule has 5 nitrogen and oxygen atoms in total. The second-order valence-electron chi connectivity index (χ2n) is 4.82. The lowest BCUT2D eigenvalue weighted by Crippen LogP contribution is -2.38. The Morgan fingerprint density at radius 3 is 2.71 bits per heavy atom. The van der Waals surface area contributed by atoms with Gasteiger partial charge in [-0.15, -0.1) is 0 Å². The molecule has 21 heavy (non-hydrogen) atoms. The summed E-state index contributed by atoms with van der Waals surface area (Å²) in [5.74, 6) is -0.351. The summed E-state index contributed by atoms with van der Waals surface area (Å²) in [5, 5.41) is 2.75. The number of nitrogens with zero attached hydrogens (tertiary/aromatic N) is 1. The number of ether oxygens (including phenoxy) is 1. The van der Waals surface area contributed by atoms with Crippen LogP contribution in [0.1, 0.15) is 22.3 Å². The molecule has 0 spiro atoms. The fourth-order valence-corrected chi connectivity index (χ4v) is 2.11. The number of benzene rings is 1. The minimum Gasteiger partial charge on any atom is -0.385 e. The molecule has 1 N–H and O–H groups in total. The molecule has 0 radical (unpaired) electrons. The van der Waals surface area contributed by atoms with Gasteiger partial charge in [0.25, 0.3) is 5.91 Å². The molecule has 0 aliphatic rings. The average Bonchev–Trinajstić information content (AvgIpc) is 2.45. The Kier molecular flexibility index (Phi) is 7.39. The van der Waals surface area contributed by atoms with Crippen LogP contribution in [-0.2, 0) is 9.53 Å². The lowest BCUT2D eigenvalue weighted by atomic mass is 10.1. The number of rotatable bonds is 7. The van der Waals surface area contributed by atoms with Gasteiger partial charge in [-0.1, -0.05) is 22.0 Å². The molecule has 6 heteroatoms. The van der Waals surface area contributed by atoms with E-state index in [9.17, 15) is 9.59 Å². The molecule has 0 aliphatic carbocycles. The molecule has 0 bridgehead atoms. The Hall–Kier alpha value is -1.40. The SMILES string of the molecule is COCCCNC(=O)CN(C)C(=O)c1ccc(C)c(Br)c1. The van der Waals surface area contributed by atoms with E-state index in [2.05, 4.69) is 21.2 Å². The van der Waals surface area contributed by atoms with Gasteiger partial charge >= 0.3 is 0 Å². The van der Waals surface area contributed by atoms with E-state index >= 15 is 0 Å². The summed E-state index contributed by atoms with van der Waals surface area (Å²) in [4.78, 5) is 25.3. The van der Waals surface area contributed by atoms with Crippen molar-refractivity contribution in [1.29, 1.82) is 0 Å². The Morgan fingerprint density at radius 1 is 1.38 bits per heavy atom. The van der Waals surface area contributed by atoms with Gasteiger partial charge < -0.3 is 15.0 Å². The molecular formula is C15H21BrN2O3. The molecule has 1 aromatic carbocycles. The summed E-state index contributed by atoms with van der Waals surface area (Å²) in [5.41, 5.74) is 1.62. The molecular weight excluding hydrogens is 336 g/mol. The number of amides is 2. The van der Waals surface area contributed by atoms with Crippen molar-refractivity contribution in [3.05, 3.63) is 33.8 Å². The molecule has 0 heterocycles. The van der Waals surface area contributed by atoms with Crippen molar-refractivity contribution in [2.24, 2.45) is 0 Å². The number of aryl methyl sites for hydroxylation is 1. The van der Waals surface area contributed by atoms with Crippen LogP contribution < -0.4 is 5.32 Å². The fourth-order valence-electron chi connectivity index (χ4n) is 1.73. The van der Waals surface area contributed by atoms with Crippen molar-refractivity contribution >= 4 is 27.7 Å². The van der Waals surface area contributed by atoms with Crippen LogP contribution in [0.2, 0.25) is 0 Å². The van der Waals surface area contributed by atoms with Gasteiger partial charge in [-0.25, -0.2) is 0 Å². The number of carbonyl (C=O) groups excluding carboxylic acids is 2. The number of hydrogen-bond acceptors (Lipinski definition) is 3. The standard InChI is InChI=1S/C15H21BrN2O3/c1-11-5-6-12(9-13(11)16)15(20)18(2)10-14(19)17-7-4-8-21-3/h5-6,9H,4,7-8,10H2,1-3H3,(H,17,19). The topological polar surface area (TPSA) is 58.6 Å². The molecule has 0 aromatic heterocycles. The summed E-state index contributed by atoms with van der Waals surface area (Å²) < 4.78 is 5.78. The Morgan fingerprint density at radius 2 is 2.10 bits per heavy atom. The number of hydrogen-bond donors (Lipinski definition) is 1. The minimum absolute atomic E-state index is 0.0390. The highest BCUT2D eigenvalue weighted by Gasteiger charge is 2.15. The largest absolute Gasteiger partial charge is 0.385 e. The summed E-state index contributed by atoms with van der Waals surface area (Å²) in [6, 6.07) is 5.40. The third-order valence-corrected chi connectivity index (χ3v) is 3.85. The number of methoxy groups -OCH3 is 1. The first-order valence-electron chi connectivity index (χ1n) is 6.73. The average molecular weight is 357 g/mol. The molecule has 0 saturated carbocycles. The highest BCUT2D eigenvalue weighted by Crippen LogP contribution is 2.18. The van der Waals surface area contributed by atoms with Crippen molar-refractivity contribution in [3.8, 4) is 0 Å². The van der Waals surface area contributed by atoms with Crippen molar-refractivity contribution in [2.75, 3.05) is 33.9 Å². The quantitative estimate of drug-likeness (QED) is 0.760. The first-order valence-corrected chi connectivity index (χ1v) is 7.52. The monoisotopic (exact) mass is 356 g/mol. The predicted octanol–water partition coefficient (Wildman–Crippen LogP) is 1.98. The maximum absolute atomic E-state index is 12.2. The Bertz CT molecular complexity index is 506. The fraction of sp³-hybridized carbons (Fsp3) is 0.467. The van der Waals surface area contributed by atoms with Crippen LogP contribution in [0.3, 0.4) is 0 Å². The molecule has 2 amide bonds. The van der Waals surface area contributed by atoms with E-state index in [0.717, 1.165) is 16.5 Å². The van der Waals surface area contributed by atoms with Gasteiger partial charge in [-0.3, -0.25) is 9.59 Å². The molecule has 0 aliphatic heterocycles. The van der Waals surface area contributed by atoms with Crippen LogP contribution >= 0.6 is 15.9 Å². The zero-order valence-electron chi connectivity index (χ0n) is 12.6. The maximum Gasteiger partial charge on any atom is 0.254 e. The van der Waals surface area contributed by atoms with E-state index in [-0.39, 0.29) is 18.4 Å². The second kappa shape index (κ2) is 8.79. The van der Waals surface area contributed by atoms with E-state index in [1.54, 1.807) is 26.3 Å². The zero-order chi connectivity index (χ0) is 15.8. The third kappa shape index (κ3) is 5.85. The van der Waals surface area contributed by atoms with Gasteiger partial charge in [0.15, 0.2) is 0 Å². The summed E-state index contributed by atoms with van der Waals surface area (Å²) >= 11 is 3.40. The summed E-state index contributed by atoms with van der Waals surface area (Å²) in [7, 11) is 3.23. The predicted molar refractivity (Wildman–Crippen MR) is 85.3 cm³/mol. The van der Waals surface area contributed by atoms with Crippen LogP contribution in [0.15, 0.2) is 22.7 Å². The van der Waals surface area contributed by atoms with Crippen LogP contribution in [0.4, 0.5) is 0 Å². The molecule has 0 saturated heterocycles. The zero-order valence-corrected chi connectivity index (χ0v) is 14.2. The first-order chi connectivity index (χ1) is 9.95. The van der Waals surface area contributed by atoms with E-state index in [1.807, 2.05) is 13.0 Å². The second-order valence-corrected chi connectivity index (χ2v) is 5.68. The number of likely N-dealkylation sites (N-methyl/N-ethyl adjacent to an activating group) is 1. The molecule has 0 atom stereocenters. The van der Waals surface area contributed by atoms with Crippen LogP contribution in [0.5, 0.6) is 0 Å². The number of nitrogens with one attached hydrogen (secondary N) is 1. The lowest BCUT2D eigenvalue weighted by Gasteiger charge is -2.17. The molecule has 0 unspecified atom stereocenters. The van der Waals surface area contributed by atoms with E-state index in [4.69, 9.17) is 4.74 Å². The molecule has 1 aromatic rings. The van der Waals surface area contributed by atoms with Crippen molar-refractivity contribution in [2.45, 2.75) is 13.3 Å². The normalized spacial score (nSPS) is 10.3. The van der Waals surface area contributed by atoms with Gasteiger partial charge in [-0.2, -0.15) is 0 Å². The Balaban J connectivity index is 2.50. The van der Waals surface area contributed by atoms with E-state index in [1.165, 1.54) is 4.90 Å². The first kappa shape index (κ1) is 17.7. The number of carbonyl (C=O) groups is 2. The maximum atomic E-state index is 12.2. The van der Waals surface area contributed by atoms with Crippen LogP contribution in [-0.4, -0.2) is 50.6 Å². The van der Waals surface area contributed by atoms with Gasteiger partial charge in [0.2, 0.25) is 5.91 Å². The van der Waals surface area contributed by atoms with Gasteiger partial charge in [0.1, 0.15) is 0 Å². The van der Waals surface area contributed by atoms with Crippen LogP contribution in [0.25, 0.3) is 0 Å². The van der Waals surface area contributed by atoms with Gasteiger partial charge in [-0.05, 0) is 31.0 Å². The molecule has 1 rings (SSSR count). The smallest absolute Gasteiger partial charge is 0.254 e. The van der Waals surface area contributed by atoms with Crippen molar-refractivity contribution in [1.82, 2.24) is 10.2 Å². The summed E-state index contributed by atoms with van der Waals surface area (Å²) in [6.07, 6.45) is 0.755. The van der Waals surface area contributed by atoms with Crippen LogP contribution in [0, 0.1) is 6.92 Å². The third-order valence-electron chi connectivity index (χ3n) is 2.99. The number of halogens is 1. The lowest BCUT2D eigenvalue weighted by molar-refractivity contribution is -0.121. The van der Waals surface area contributed by atoms with E-state index in [0.29, 0.717) is 18.7 Å². The highest BCUT2D eigenvalue weighted by molar-refractivity contribution is 9.10. The minimum atomic E-state index is -0.178. The van der Waals surface area contributed by atoms with E-state index < -0.39 is 0 Å². The highest BCUT2D eigenvalue weighted by atomic mass is 79.9. The Labute approximate surface area is 133 Å². The summed E-state index contributed by atoms with van der Waals surface area (Å²) in [6.45, 7) is 3.14.